The Balaban J connectivity index is 1.84. The molecule has 0 saturated carbocycles. The molecule has 0 saturated heterocycles. The molecule has 0 fully saturated rings. The number of nitrogens with zero attached hydrogens (tertiary/aromatic N) is 6. The number of hydrogen-bond donors (Lipinski definition) is 2. The largest absolute Gasteiger partial charge is 0.467 e. The summed E-state index contributed by atoms with van der Waals surface area (Å²) >= 11 is 1.14. The number of nitrogens with two attached hydrogens (primary N) is 1. The number of H-pyrrole nitrogens is 1. The Morgan fingerprint density at radius 3 is 2.82 bits per heavy atom. The Morgan fingerprint density at radius 2 is 2.15 bits per heavy atom. The second kappa shape index (κ2) is 11.0. The zero-order chi connectivity index (χ0) is 24.0. The van der Waals surface area contributed by atoms with Gasteiger partial charge in [0.15, 0.2) is 5.69 Å². The van der Waals surface area contributed by atoms with Crippen molar-refractivity contribution < 1.29 is 9.21 Å². The van der Waals surface area contributed by atoms with Crippen LogP contribution in [0.4, 0.5) is 11.5 Å². The number of nitrogens with one attached hydrogen (secondary N) is 1. The van der Waals surface area contributed by atoms with Crippen molar-refractivity contribution in [3.8, 4) is 0 Å². The summed E-state index contributed by atoms with van der Waals surface area (Å²) in [5.74, 6) is 0.408. The van der Waals surface area contributed by atoms with Crippen molar-refractivity contribution in [3.05, 3.63) is 45.0 Å². The number of amides is 1. The lowest BCUT2D eigenvalue weighted by molar-refractivity contribution is -0.116. The number of nitrogen functional groups attached to an aromatic ring is 1. The number of unbranched alkanes of at least 4 members (excludes halogenated alkanes) is 1. The Kier molecular flexibility index (Phi) is 8.09. The smallest absolute Gasteiger partial charge is 0.330 e. The van der Waals surface area contributed by atoms with E-state index in [2.05, 4.69) is 20.5 Å². The summed E-state index contributed by atoms with van der Waals surface area (Å²) in [5, 5.41) is 12.0. The van der Waals surface area contributed by atoms with Crippen LogP contribution in [-0.2, 0) is 17.9 Å². The molecule has 3 heterocycles. The first kappa shape index (κ1) is 24.3. The van der Waals surface area contributed by atoms with Crippen LogP contribution in [0.2, 0.25) is 0 Å². The first-order chi connectivity index (χ1) is 15.8. The van der Waals surface area contributed by atoms with Gasteiger partial charge in [-0.25, -0.2) is 9.48 Å². The summed E-state index contributed by atoms with van der Waals surface area (Å²) in [6, 6.07) is 3.57. The third-order valence-corrected chi connectivity index (χ3v) is 5.72. The minimum absolute atomic E-state index is 0.00974. The monoisotopic (exact) mass is 476 g/mol. The van der Waals surface area contributed by atoms with E-state index in [1.54, 1.807) is 18.4 Å². The predicted octanol–water partition coefficient (Wildman–Crippen LogP) is 1.33. The molecule has 3 aromatic rings. The Hall–Kier alpha value is -3.35. The Morgan fingerprint density at radius 1 is 1.36 bits per heavy atom. The van der Waals surface area contributed by atoms with E-state index in [9.17, 15) is 14.4 Å². The second-order valence-electron chi connectivity index (χ2n) is 7.88. The van der Waals surface area contributed by atoms with Crippen LogP contribution in [0.5, 0.6) is 0 Å². The fraction of sp³-hybridized carbons (Fsp3) is 0.500. The fourth-order valence-electron chi connectivity index (χ4n) is 3.22. The van der Waals surface area contributed by atoms with Crippen molar-refractivity contribution in [1.82, 2.24) is 29.8 Å². The number of rotatable bonds is 11. The summed E-state index contributed by atoms with van der Waals surface area (Å²) in [6.07, 6.45) is 3.03. The van der Waals surface area contributed by atoms with E-state index in [-0.39, 0.29) is 29.1 Å². The maximum Gasteiger partial charge on any atom is 0.330 e. The van der Waals surface area contributed by atoms with E-state index in [1.807, 2.05) is 20.8 Å². The zero-order valence-electron chi connectivity index (χ0n) is 18.9. The average molecular weight is 477 g/mol. The summed E-state index contributed by atoms with van der Waals surface area (Å²) in [7, 11) is 0. The fourth-order valence-corrected chi connectivity index (χ4v) is 3.97. The third kappa shape index (κ3) is 5.92. The van der Waals surface area contributed by atoms with E-state index in [0.29, 0.717) is 37.0 Å². The van der Waals surface area contributed by atoms with Crippen molar-refractivity contribution in [3.63, 3.8) is 0 Å². The molecule has 3 aromatic heterocycles. The van der Waals surface area contributed by atoms with E-state index in [0.717, 1.165) is 18.2 Å². The van der Waals surface area contributed by atoms with Crippen LogP contribution >= 0.6 is 11.8 Å². The molecule has 178 valence electrons. The second-order valence-corrected chi connectivity index (χ2v) is 8.83. The minimum Gasteiger partial charge on any atom is -0.467 e. The van der Waals surface area contributed by atoms with Gasteiger partial charge >= 0.3 is 5.69 Å². The maximum absolute atomic E-state index is 13.2. The molecule has 3 rings (SSSR count). The number of aromatic amines is 1. The molecule has 12 nitrogen and oxygen atoms in total. The van der Waals surface area contributed by atoms with Gasteiger partial charge in [0.25, 0.3) is 5.56 Å². The van der Waals surface area contributed by atoms with Crippen molar-refractivity contribution in [2.75, 3.05) is 22.9 Å². The van der Waals surface area contributed by atoms with Crippen molar-refractivity contribution in [2.45, 2.75) is 51.9 Å². The van der Waals surface area contributed by atoms with Crippen LogP contribution in [0.3, 0.4) is 0 Å². The number of aromatic nitrogens is 6. The van der Waals surface area contributed by atoms with Gasteiger partial charge in [0, 0.05) is 13.1 Å². The molecule has 0 aromatic carbocycles. The molecule has 0 aliphatic heterocycles. The highest BCUT2D eigenvalue weighted by Crippen LogP contribution is 2.22. The number of furan rings is 1. The van der Waals surface area contributed by atoms with Gasteiger partial charge < -0.3 is 15.1 Å². The van der Waals surface area contributed by atoms with E-state index in [1.165, 1.54) is 14.1 Å². The lowest BCUT2D eigenvalue weighted by Crippen LogP contribution is -2.42. The maximum atomic E-state index is 13.2. The number of tetrazole rings is 1. The van der Waals surface area contributed by atoms with Crippen molar-refractivity contribution >= 4 is 29.2 Å². The summed E-state index contributed by atoms with van der Waals surface area (Å²) in [4.78, 5) is 41.8. The molecule has 0 aliphatic rings. The van der Waals surface area contributed by atoms with Crippen LogP contribution in [0.25, 0.3) is 0 Å². The number of carbonyl (C=O) groups excluding carboxylic acids is 1. The summed E-state index contributed by atoms with van der Waals surface area (Å²) in [6.45, 7) is 6.78. The topological polar surface area (TPSA) is 158 Å². The predicted molar refractivity (Wildman–Crippen MR) is 124 cm³/mol. The molecule has 33 heavy (non-hydrogen) atoms. The molecule has 0 radical (unpaired) electrons. The van der Waals surface area contributed by atoms with Crippen molar-refractivity contribution in [2.24, 2.45) is 5.92 Å². The van der Waals surface area contributed by atoms with Crippen molar-refractivity contribution in [1.29, 1.82) is 0 Å². The van der Waals surface area contributed by atoms with E-state index < -0.39 is 11.2 Å². The lowest BCUT2D eigenvalue weighted by Gasteiger charge is -2.24. The van der Waals surface area contributed by atoms with Gasteiger partial charge in [0.1, 0.15) is 18.1 Å². The van der Waals surface area contributed by atoms with Gasteiger partial charge in [0.2, 0.25) is 11.1 Å². The highest BCUT2D eigenvalue weighted by Gasteiger charge is 2.25. The zero-order valence-corrected chi connectivity index (χ0v) is 19.7. The molecule has 0 aliphatic carbocycles. The first-order valence-electron chi connectivity index (χ1n) is 10.7. The third-order valence-electron chi connectivity index (χ3n) is 4.78. The molecule has 0 atom stereocenters. The molecule has 0 spiro atoms. The normalized spacial score (nSPS) is 11.3. The van der Waals surface area contributed by atoms with Crippen LogP contribution < -0.4 is 21.9 Å². The number of anilines is 2. The van der Waals surface area contributed by atoms with Gasteiger partial charge in [-0.15, -0.1) is 5.10 Å². The molecule has 3 N–H and O–H groups in total. The van der Waals surface area contributed by atoms with E-state index in [4.69, 9.17) is 10.2 Å². The summed E-state index contributed by atoms with van der Waals surface area (Å²) in [5.41, 5.74) is 4.94. The lowest BCUT2D eigenvalue weighted by atomic mass is 10.2. The number of hydrogen-bond acceptors (Lipinski definition) is 9. The van der Waals surface area contributed by atoms with Crippen LogP contribution in [0.15, 0.2) is 37.6 Å². The highest BCUT2D eigenvalue weighted by molar-refractivity contribution is 7.99. The van der Waals surface area contributed by atoms with Gasteiger partial charge in [-0.3, -0.25) is 19.1 Å². The van der Waals surface area contributed by atoms with Gasteiger partial charge in [0.05, 0.1) is 12.0 Å². The Bertz CT molecular complexity index is 1180. The molecule has 0 unspecified atom stereocenters. The SMILES string of the molecule is CCCCN(C(=O)CSc1nnnn1Cc1ccco1)c1c(N)n(CC(C)C)c(=O)[nH]c1=O. The van der Waals surface area contributed by atoms with Gasteiger partial charge in [-0.2, -0.15) is 0 Å². The average Bonchev–Trinajstić information content (AvgIpc) is 3.44. The number of thioether (sulfide) groups is 1. The van der Waals surface area contributed by atoms with Gasteiger partial charge in [-0.1, -0.05) is 39.0 Å². The quantitative estimate of drug-likeness (QED) is 0.389. The summed E-state index contributed by atoms with van der Waals surface area (Å²) < 4.78 is 8.14. The van der Waals surface area contributed by atoms with Crippen LogP contribution in [-0.4, -0.2) is 48.0 Å². The standard InChI is InChI=1S/C20H28N8O4S/c1-4-5-8-26(16-17(21)27(10-13(2)3)19(31)22-18(16)30)15(29)12-33-20-23-24-25-28(20)11-14-7-6-9-32-14/h6-7,9,13H,4-5,8,10-12,21H2,1-3H3,(H,22,30,31). The van der Waals surface area contributed by atoms with Crippen LogP contribution in [0.1, 0.15) is 39.4 Å². The van der Waals surface area contributed by atoms with E-state index >= 15 is 0 Å². The number of carbonyl (C=O) groups is 1. The molecule has 0 bridgehead atoms. The molecule has 13 heteroatoms. The minimum atomic E-state index is -0.686. The van der Waals surface area contributed by atoms with Crippen LogP contribution in [0, 0.1) is 5.92 Å². The molecule has 1 amide bonds. The Labute approximate surface area is 194 Å². The van der Waals surface area contributed by atoms with Gasteiger partial charge in [-0.05, 0) is 34.9 Å². The highest BCUT2D eigenvalue weighted by atomic mass is 32.2. The molecular formula is C20H28N8O4S. The molecular weight excluding hydrogens is 448 g/mol. The first-order valence-corrected chi connectivity index (χ1v) is 11.6.